The van der Waals surface area contributed by atoms with Crippen LogP contribution in [0.1, 0.15) is 30.0 Å². The summed E-state index contributed by atoms with van der Waals surface area (Å²) in [7, 11) is 0. The average molecular weight is 450 g/mol. The van der Waals surface area contributed by atoms with Crippen molar-refractivity contribution in [3.63, 3.8) is 0 Å². The van der Waals surface area contributed by atoms with Crippen molar-refractivity contribution in [3.05, 3.63) is 66.0 Å². The number of benzene rings is 1. The molecule has 7 nitrogen and oxygen atoms in total. The van der Waals surface area contributed by atoms with Crippen molar-refractivity contribution in [2.75, 3.05) is 46.0 Å². The molecular formula is C26H31N3O4. The number of ether oxygens (including phenoxy) is 2. The molecule has 5 rings (SSSR count). The van der Waals surface area contributed by atoms with Crippen LogP contribution in [0.4, 0.5) is 0 Å². The van der Waals surface area contributed by atoms with Crippen molar-refractivity contribution in [3.8, 4) is 0 Å². The van der Waals surface area contributed by atoms with Crippen molar-refractivity contribution in [1.29, 1.82) is 0 Å². The van der Waals surface area contributed by atoms with Crippen LogP contribution in [0, 0.1) is 5.92 Å². The molecule has 7 heteroatoms. The van der Waals surface area contributed by atoms with Crippen LogP contribution in [0.25, 0.3) is 0 Å². The van der Waals surface area contributed by atoms with E-state index in [1.807, 2.05) is 41.3 Å². The normalized spacial score (nSPS) is 26.2. The predicted molar refractivity (Wildman–Crippen MR) is 123 cm³/mol. The number of carbonyl (C=O) groups excluding carboxylic acids is 2. The molecule has 1 spiro atoms. The number of amides is 2. The lowest BCUT2D eigenvalue weighted by Gasteiger charge is -2.42. The smallest absolute Gasteiger partial charge is 0.257 e. The molecule has 1 aromatic heterocycles. The Morgan fingerprint density at radius 3 is 2.61 bits per heavy atom. The number of likely N-dealkylation sites (tertiary alicyclic amines) is 1. The molecule has 0 N–H and O–H groups in total. The standard InChI is InChI=1S/C26H31N3O4/c30-24(16-22-8-4-5-11-27-22)28-12-15-33-26(19-28)23(21-6-2-1-3-7-21)18-29(25(26)31)17-20-9-13-32-14-10-20/h1-8,11,20,23H,9-10,12-19H2/t23-,26-/m1/s1. The number of nitrogens with zero attached hydrogens (tertiary/aromatic N) is 3. The van der Waals surface area contributed by atoms with Crippen molar-refractivity contribution < 1.29 is 19.1 Å². The predicted octanol–water partition coefficient (Wildman–Crippen LogP) is 2.27. The van der Waals surface area contributed by atoms with Gasteiger partial charge in [0.2, 0.25) is 5.91 Å². The van der Waals surface area contributed by atoms with Crippen molar-refractivity contribution in [2.45, 2.75) is 30.8 Å². The van der Waals surface area contributed by atoms with Gasteiger partial charge in [-0.05, 0) is 36.5 Å². The van der Waals surface area contributed by atoms with Gasteiger partial charge in [-0.25, -0.2) is 0 Å². The molecular weight excluding hydrogens is 418 g/mol. The molecule has 2 amide bonds. The van der Waals surface area contributed by atoms with Gasteiger partial charge in [0, 0.05) is 50.7 Å². The lowest BCUT2D eigenvalue weighted by atomic mass is 9.83. The summed E-state index contributed by atoms with van der Waals surface area (Å²) in [6, 6.07) is 15.7. The molecule has 0 aliphatic carbocycles. The van der Waals surface area contributed by atoms with E-state index in [0.29, 0.717) is 25.6 Å². The van der Waals surface area contributed by atoms with Crippen molar-refractivity contribution in [1.82, 2.24) is 14.8 Å². The largest absolute Gasteiger partial charge is 0.381 e. The van der Waals surface area contributed by atoms with E-state index in [2.05, 4.69) is 17.1 Å². The van der Waals surface area contributed by atoms with Gasteiger partial charge in [0.1, 0.15) is 0 Å². The number of rotatable bonds is 5. The zero-order valence-corrected chi connectivity index (χ0v) is 18.9. The van der Waals surface area contributed by atoms with Crippen LogP contribution in [0.5, 0.6) is 0 Å². The minimum Gasteiger partial charge on any atom is -0.381 e. The highest BCUT2D eigenvalue weighted by Gasteiger charge is 2.58. The third-order valence-corrected chi connectivity index (χ3v) is 7.19. The van der Waals surface area contributed by atoms with Crippen LogP contribution in [0.15, 0.2) is 54.7 Å². The molecule has 2 aromatic rings. The second kappa shape index (κ2) is 9.61. The second-order valence-electron chi connectivity index (χ2n) is 9.28. The van der Waals surface area contributed by atoms with E-state index < -0.39 is 5.60 Å². The van der Waals surface area contributed by atoms with Crippen molar-refractivity contribution in [2.24, 2.45) is 5.92 Å². The molecule has 1 aromatic carbocycles. The van der Waals surface area contributed by atoms with Gasteiger partial charge < -0.3 is 19.3 Å². The first-order valence-electron chi connectivity index (χ1n) is 11.9. The molecule has 2 atom stereocenters. The number of carbonyl (C=O) groups is 2. The summed E-state index contributed by atoms with van der Waals surface area (Å²) < 4.78 is 11.8. The Bertz CT molecular complexity index is 964. The Kier molecular flexibility index (Phi) is 6.42. The average Bonchev–Trinajstić information content (AvgIpc) is 3.11. The van der Waals surface area contributed by atoms with Crippen LogP contribution < -0.4 is 0 Å². The molecule has 0 saturated carbocycles. The molecule has 0 radical (unpaired) electrons. The second-order valence-corrected chi connectivity index (χ2v) is 9.28. The van der Waals surface area contributed by atoms with Crippen LogP contribution in [-0.2, 0) is 25.5 Å². The number of pyridine rings is 1. The summed E-state index contributed by atoms with van der Waals surface area (Å²) in [5.41, 5.74) is 0.783. The molecule has 3 aliphatic rings. The zero-order chi connectivity index (χ0) is 22.7. The maximum atomic E-state index is 13.9. The highest BCUT2D eigenvalue weighted by molar-refractivity contribution is 5.91. The topological polar surface area (TPSA) is 72.0 Å². The van der Waals surface area contributed by atoms with Gasteiger partial charge >= 0.3 is 0 Å². The molecule has 0 bridgehead atoms. The monoisotopic (exact) mass is 449 g/mol. The number of hydrogen-bond acceptors (Lipinski definition) is 5. The Morgan fingerprint density at radius 2 is 1.85 bits per heavy atom. The van der Waals surface area contributed by atoms with E-state index in [1.165, 1.54) is 0 Å². The molecule has 33 heavy (non-hydrogen) atoms. The first kappa shape index (κ1) is 22.0. The van der Waals surface area contributed by atoms with E-state index in [9.17, 15) is 9.59 Å². The molecule has 4 heterocycles. The Hall–Kier alpha value is -2.77. The summed E-state index contributed by atoms with van der Waals surface area (Å²) in [4.78, 5) is 35.1. The van der Waals surface area contributed by atoms with Gasteiger partial charge in [-0.2, -0.15) is 0 Å². The summed E-state index contributed by atoms with van der Waals surface area (Å²) in [6.07, 6.45) is 3.88. The highest BCUT2D eigenvalue weighted by Crippen LogP contribution is 2.42. The van der Waals surface area contributed by atoms with Gasteiger partial charge in [0.25, 0.3) is 5.91 Å². The van der Waals surface area contributed by atoms with Gasteiger partial charge in [-0.1, -0.05) is 36.4 Å². The third kappa shape index (κ3) is 4.52. The fourth-order valence-corrected chi connectivity index (χ4v) is 5.39. The maximum Gasteiger partial charge on any atom is 0.257 e. The molecule has 3 fully saturated rings. The van der Waals surface area contributed by atoms with E-state index in [0.717, 1.165) is 43.9 Å². The quantitative estimate of drug-likeness (QED) is 0.700. The fraction of sp³-hybridized carbons (Fsp3) is 0.500. The van der Waals surface area contributed by atoms with E-state index in [-0.39, 0.29) is 30.7 Å². The van der Waals surface area contributed by atoms with Gasteiger partial charge in [-0.3, -0.25) is 14.6 Å². The molecule has 0 unspecified atom stereocenters. The van der Waals surface area contributed by atoms with Gasteiger partial charge in [-0.15, -0.1) is 0 Å². The number of aromatic nitrogens is 1. The highest BCUT2D eigenvalue weighted by atomic mass is 16.5. The van der Waals surface area contributed by atoms with Gasteiger partial charge in [0.05, 0.1) is 19.6 Å². The van der Waals surface area contributed by atoms with E-state index in [1.54, 1.807) is 11.1 Å². The van der Waals surface area contributed by atoms with Gasteiger partial charge in [0.15, 0.2) is 5.60 Å². The number of morpholine rings is 1. The fourth-order valence-electron chi connectivity index (χ4n) is 5.39. The summed E-state index contributed by atoms with van der Waals surface area (Å²) in [5.74, 6) is 0.327. The third-order valence-electron chi connectivity index (χ3n) is 7.19. The molecule has 174 valence electrons. The lowest BCUT2D eigenvalue weighted by Crippen LogP contribution is -2.60. The zero-order valence-electron chi connectivity index (χ0n) is 18.9. The van der Waals surface area contributed by atoms with Crippen LogP contribution in [0.3, 0.4) is 0 Å². The molecule has 3 aliphatic heterocycles. The minimum absolute atomic E-state index is 0.0122. The first-order chi connectivity index (χ1) is 16.2. The Morgan fingerprint density at radius 1 is 1.06 bits per heavy atom. The van der Waals surface area contributed by atoms with Crippen LogP contribution in [0.2, 0.25) is 0 Å². The summed E-state index contributed by atoms with van der Waals surface area (Å²) >= 11 is 0. The summed E-state index contributed by atoms with van der Waals surface area (Å²) in [6.45, 7) is 3.97. The van der Waals surface area contributed by atoms with Crippen molar-refractivity contribution >= 4 is 11.8 Å². The number of hydrogen-bond donors (Lipinski definition) is 0. The Balaban J connectivity index is 1.39. The van der Waals surface area contributed by atoms with Crippen LogP contribution >= 0.6 is 0 Å². The summed E-state index contributed by atoms with van der Waals surface area (Å²) in [5, 5.41) is 0. The maximum absolute atomic E-state index is 13.9. The SMILES string of the molecule is O=C(Cc1ccccn1)N1CCO[C@@]2(C1)C(=O)N(CC1CCOCC1)C[C@@H]2c1ccccc1. The lowest BCUT2D eigenvalue weighted by molar-refractivity contribution is -0.167. The Labute approximate surface area is 194 Å². The minimum atomic E-state index is -1.04. The van der Waals surface area contributed by atoms with Crippen LogP contribution in [-0.4, -0.2) is 78.2 Å². The first-order valence-corrected chi connectivity index (χ1v) is 11.9. The van der Waals surface area contributed by atoms with E-state index >= 15 is 0 Å². The molecule has 3 saturated heterocycles. The van der Waals surface area contributed by atoms with E-state index in [4.69, 9.17) is 9.47 Å².